The average Bonchev–Trinajstić information content (AvgIpc) is 2.61. The fourth-order valence-corrected chi connectivity index (χ4v) is 4.37. The predicted molar refractivity (Wildman–Crippen MR) is 102 cm³/mol. The molecule has 1 aliphatic rings. The molecule has 0 saturated heterocycles. The van der Waals surface area contributed by atoms with E-state index >= 15 is 0 Å². The van der Waals surface area contributed by atoms with E-state index in [4.69, 9.17) is 0 Å². The van der Waals surface area contributed by atoms with Gasteiger partial charge in [0, 0.05) is 0 Å². The maximum absolute atomic E-state index is 2.47. The zero-order valence-corrected chi connectivity index (χ0v) is 14.9. The third-order valence-electron chi connectivity index (χ3n) is 6.12. The molecule has 0 aliphatic heterocycles. The molecule has 0 N–H and O–H groups in total. The lowest BCUT2D eigenvalue weighted by atomic mass is 9.76. The highest BCUT2D eigenvalue weighted by atomic mass is 14.3. The van der Waals surface area contributed by atoms with E-state index in [9.17, 15) is 0 Å². The van der Waals surface area contributed by atoms with Gasteiger partial charge in [-0.25, -0.2) is 0 Å². The second-order valence-electron chi connectivity index (χ2n) is 7.77. The fourth-order valence-electron chi connectivity index (χ4n) is 4.37. The van der Waals surface area contributed by atoms with Crippen molar-refractivity contribution in [2.24, 2.45) is 17.8 Å². The third-order valence-corrected chi connectivity index (χ3v) is 6.12. The Morgan fingerprint density at radius 2 is 1.70 bits per heavy atom. The van der Waals surface area contributed by atoms with Gasteiger partial charge in [-0.2, -0.15) is 0 Å². The molecule has 0 bridgehead atoms. The van der Waals surface area contributed by atoms with Crippen molar-refractivity contribution in [1.29, 1.82) is 0 Å². The van der Waals surface area contributed by atoms with Crippen molar-refractivity contribution >= 4 is 10.8 Å². The molecular weight excluding hydrogens is 276 g/mol. The molecule has 1 saturated carbocycles. The van der Waals surface area contributed by atoms with Gasteiger partial charge in [0.2, 0.25) is 0 Å². The summed E-state index contributed by atoms with van der Waals surface area (Å²) in [6, 6.07) is 15.8. The Labute approximate surface area is 142 Å². The molecule has 3 rings (SSSR count). The molecule has 124 valence electrons. The van der Waals surface area contributed by atoms with E-state index in [0.717, 1.165) is 17.8 Å². The van der Waals surface area contributed by atoms with E-state index in [1.165, 1.54) is 67.7 Å². The first-order chi connectivity index (χ1) is 11.3. The van der Waals surface area contributed by atoms with Crippen molar-refractivity contribution in [3.05, 3.63) is 48.0 Å². The largest absolute Gasteiger partial charge is 0.0651 e. The molecule has 0 spiro atoms. The summed E-state index contributed by atoms with van der Waals surface area (Å²) >= 11 is 0. The maximum atomic E-state index is 2.47. The van der Waals surface area contributed by atoms with Gasteiger partial charge in [-0.05, 0) is 46.9 Å². The summed E-state index contributed by atoms with van der Waals surface area (Å²) in [4.78, 5) is 0. The van der Waals surface area contributed by atoms with E-state index in [1.807, 2.05) is 0 Å². The van der Waals surface area contributed by atoms with Gasteiger partial charge >= 0.3 is 0 Å². The summed E-state index contributed by atoms with van der Waals surface area (Å²) in [5.74, 6) is 2.68. The number of fused-ring (bicyclic) bond motifs is 1. The second-order valence-corrected chi connectivity index (χ2v) is 7.77. The first-order valence-electron chi connectivity index (χ1n) is 9.74. The van der Waals surface area contributed by atoms with Crippen molar-refractivity contribution < 1.29 is 0 Å². The van der Waals surface area contributed by atoms with Gasteiger partial charge < -0.3 is 0 Å². The topological polar surface area (TPSA) is 0 Å². The standard InChI is InChI=1S/C23H32/c1-3-18(2)23(15-19-9-5-4-6-10-19)17-20-13-14-21-11-7-8-12-22(21)16-20/h7-8,11-14,16,18-19,23H,3-6,9-10,15,17H2,1-2H3. The van der Waals surface area contributed by atoms with Crippen LogP contribution in [-0.4, -0.2) is 0 Å². The molecule has 23 heavy (non-hydrogen) atoms. The fraction of sp³-hybridized carbons (Fsp3) is 0.565. The number of hydrogen-bond donors (Lipinski definition) is 0. The molecule has 0 heteroatoms. The third kappa shape index (κ3) is 4.37. The van der Waals surface area contributed by atoms with Gasteiger partial charge in [0.05, 0.1) is 0 Å². The molecule has 0 nitrogen and oxygen atoms in total. The monoisotopic (exact) mass is 308 g/mol. The predicted octanol–water partition coefficient (Wildman–Crippen LogP) is 7.02. The van der Waals surface area contributed by atoms with Gasteiger partial charge in [0.25, 0.3) is 0 Å². The van der Waals surface area contributed by atoms with Crippen LogP contribution in [0.2, 0.25) is 0 Å². The van der Waals surface area contributed by atoms with Crippen LogP contribution in [0, 0.1) is 17.8 Å². The molecule has 2 aromatic rings. The molecule has 2 unspecified atom stereocenters. The van der Waals surface area contributed by atoms with E-state index in [0.29, 0.717) is 0 Å². The van der Waals surface area contributed by atoms with Crippen LogP contribution < -0.4 is 0 Å². The maximum Gasteiger partial charge on any atom is -0.0181 e. The Kier molecular flexibility index (Phi) is 5.75. The van der Waals surface area contributed by atoms with Crippen molar-refractivity contribution in [2.45, 2.75) is 65.2 Å². The summed E-state index contributed by atoms with van der Waals surface area (Å²) in [7, 11) is 0. The van der Waals surface area contributed by atoms with Crippen molar-refractivity contribution in [3.63, 3.8) is 0 Å². The lowest BCUT2D eigenvalue weighted by molar-refractivity contribution is 0.233. The normalized spacial score (nSPS) is 18.9. The molecule has 0 radical (unpaired) electrons. The number of hydrogen-bond acceptors (Lipinski definition) is 0. The van der Waals surface area contributed by atoms with Gasteiger partial charge in [-0.15, -0.1) is 0 Å². The zero-order chi connectivity index (χ0) is 16.1. The molecule has 0 heterocycles. The lowest BCUT2D eigenvalue weighted by Crippen LogP contribution is -2.20. The van der Waals surface area contributed by atoms with Crippen LogP contribution in [0.5, 0.6) is 0 Å². The molecule has 0 aromatic heterocycles. The molecule has 1 aliphatic carbocycles. The van der Waals surface area contributed by atoms with Crippen LogP contribution in [0.25, 0.3) is 10.8 Å². The SMILES string of the molecule is CCC(C)C(Cc1ccc2ccccc2c1)CC1CCCCC1. The van der Waals surface area contributed by atoms with Crippen LogP contribution in [0.1, 0.15) is 64.4 Å². The minimum Gasteiger partial charge on any atom is -0.0651 e. The summed E-state index contributed by atoms with van der Waals surface area (Å²) in [6.07, 6.45) is 11.4. The van der Waals surface area contributed by atoms with Crippen LogP contribution >= 0.6 is 0 Å². The van der Waals surface area contributed by atoms with E-state index in [1.54, 1.807) is 0 Å². The van der Waals surface area contributed by atoms with Crippen LogP contribution in [-0.2, 0) is 6.42 Å². The van der Waals surface area contributed by atoms with E-state index in [2.05, 4.69) is 56.3 Å². The van der Waals surface area contributed by atoms with Crippen LogP contribution in [0.3, 0.4) is 0 Å². The summed E-state index contributed by atoms with van der Waals surface area (Å²) in [5, 5.41) is 2.76. The molecule has 0 amide bonds. The first kappa shape index (κ1) is 16.6. The van der Waals surface area contributed by atoms with Crippen molar-refractivity contribution in [3.8, 4) is 0 Å². The molecule has 2 aromatic carbocycles. The quantitative estimate of drug-likeness (QED) is 0.538. The Morgan fingerprint density at radius 1 is 0.957 bits per heavy atom. The second kappa shape index (κ2) is 7.99. The Morgan fingerprint density at radius 3 is 2.43 bits per heavy atom. The van der Waals surface area contributed by atoms with Crippen LogP contribution in [0.4, 0.5) is 0 Å². The zero-order valence-electron chi connectivity index (χ0n) is 14.9. The van der Waals surface area contributed by atoms with Gasteiger partial charge in [0.15, 0.2) is 0 Å². The highest BCUT2D eigenvalue weighted by Gasteiger charge is 2.22. The lowest BCUT2D eigenvalue weighted by Gasteiger charge is -2.30. The number of rotatable bonds is 6. The van der Waals surface area contributed by atoms with Gasteiger partial charge in [-0.3, -0.25) is 0 Å². The summed E-state index contributed by atoms with van der Waals surface area (Å²) in [6.45, 7) is 4.83. The minimum absolute atomic E-state index is 0.836. The van der Waals surface area contributed by atoms with Gasteiger partial charge in [0.1, 0.15) is 0 Å². The van der Waals surface area contributed by atoms with Gasteiger partial charge in [-0.1, -0.05) is 94.8 Å². The van der Waals surface area contributed by atoms with Crippen molar-refractivity contribution in [1.82, 2.24) is 0 Å². The molecule has 2 atom stereocenters. The summed E-state index contributed by atoms with van der Waals surface area (Å²) < 4.78 is 0. The minimum atomic E-state index is 0.836. The molecular formula is C23H32. The average molecular weight is 309 g/mol. The highest BCUT2D eigenvalue weighted by Crippen LogP contribution is 2.34. The van der Waals surface area contributed by atoms with Crippen molar-refractivity contribution in [2.75, 3.05) is 0 Å². The molecule has 1 fully saturated rings. The highest BCUT2D eigenvalue weighted by molar-refractivity contribution is 5.82. The van der Waals surface area contributed by atoms with E-state index < -0.39 is 0 Å². The Bertz CT molecular complexity index is 606. The Hall–Kier alpha value is -1.30. The smallest absolute Gasteiger partial charge is 0.0181 e. The first-order valence-corrected chi connectivity index (χ1v) is 9.74. The van der Waals surface area contributed by atoms with E-state index in [-0.39, 0.29) is 0 Å². The Balaban J connectivity index is 1.73. The summed E-state index contributed by atoms with van der Waals surface area (Å²) in [5.41, 5.74) is 1.53. The number of benzene rings is 2. The van der Waals surface area contributed by atoms with Crippen LogP contribution in [0.15, 0.2) is 42.5 Å².